The molecule has 1 N–H and O–H groups in total. The van der Waals surface area contributed by atoms with Gasteiger partial charge in [0.1, 0.15) is 16.5 Å². The second kappa shape index (κ2) is 7.85. The molecule has 6 heteroatoms. The van der Waals surface area contributed by atoms with Crippen LogP contribution in [-0.2, 0) is 6.54 Å². The summed E-state index contributed by atoms with van der Waals surface area (Å²) in [6.45, 7) is 5.21. The molecule has 1 fully saturated rings. The van der Waals surface area contributed by atoms with Gasteiger partial charge >= 0.3 is 0 Å². The number of anilines is 1. The number of nitrogens with zero attached hydrogens (tertiary/aromatic N) is 2. The van der Waals surface area contributed by atoms with Gasteiger partial charge in [0.2, 0.25) is 0 Å². The highest BCUT2D eigenvalue weighted by atomic mass is 32.1. The Morgan fingerprint density at radius 2 is 2.00 bits per heavy atom. The van der Waals surface area contributed by atoms with E-state index in [0.717, 1.165) is 36.8 Å². The molecule has 0 amide bonds. The number of ether oxygens (including phenoxy) is 2. The van der Waals surface area contributed by atoms with Crippen LogP contribution in [0.1, 0.15) is 22.7 Å². The van der Waals surface area contributed by atoms with Gasteiger partial charge in [-0.25, -0.2) is 4.98 Å². The quantitative estimate of drug-likeness (QED) is 0.866. The zero-order chi connectivity index (χ0) is 16.9. The Hall–Kier alpha value is -1.79. The van der Waals surface area contributed by atoms with Gasteiger partial charge in [-0.1, -0.05) is 0 Å². The third kappa shape index (κ3) is 4.39. The molecule has 1 aliphatic rings. The minimum Gasteiger partial charge on any atom is -0.497 e. The van der Waals surface area contributed by atoms with Gasteiger partial charge in [0.05, 0.1) is 20.8 Å². The molecule has 1 aromatic heterocycles. The van der Waals surface area contributed by atoms with Crippen LogP contribution in [0, 0.1) is 6.92 Å². The summed E-state index contributed by atoms with van der Waals surface area (Å²) in [5.41, 5.74) is 1.04. The monoisotopic (exact) mass is 347 g/mol. The van der Waals surface area contributed by atoms with Crippen LogP contribution in [0.2, 0.25) is 0 Å². The summed E-state index contributed by atoms with van der Waals surface area (Å²) in [6, 6.07) is 6.36. The number of rotatable bonds is 6. The van der Waals surface area contributed by atoms with Gasteiger partial charge in [-0.15, -0.1) is 11.3 Å². The molecule has 24 heavy (non-hydrogen) atoms. The maximum atomic E-state index is 5.35. The number of hydrogen-bond acceptors (Lipinski definition) is 6. The fourth-order valence-corrected chi connectivity index (χ4v) is 3.94. The SMILES string of the molecule is COc1cc(N[C@H]2CCCN(Cc3ncc(C)s3)C2)cc(OC)c1. The Morgan fingerprint density at radius 3 is 2.62 bits per heavy atom. The molecule has 1 aromatic carbocycles. The van der Waals surface area contributed by atoms with E-state index >= 15 is 0 Å². The number of aromatic nitrogens is 1. The Balaban J connectivity index is 1.62. The van der Waals surface area contributed by atoms with Crippen molar-refractivity contribution in [3.63, 3.8) is 0 Å². The van der Waals surface area contributed by atoms with Crippen molar-refractivity contribution >= 4 is 17.0 Å². The van der Waals surface area contributed by atoms with Crippen LogP contribution in [0.15, 0.2) is 24.4 Å². The highest BCUT2D eigenvalue weighted by molar-refractivity contribution is 7.11. The second-order valence-corrected chi connectivity index (χ2v) is 7.50. The molecule has 5 nitrogen and oxygen atoms in total. The van der Waals surface area contributed by atoms with E-state index in [9.17, 15) is 0 Å². The van der Waals surface area contributed by atoms with Gasteiger partial charge < -0.3 is 14.8 Å². The average Bonchev–Trinajstić information content (AvgIpc) is 2.99. The van der Waals surface area contributed by atoms with Gasteiger partial charge in [-0.2, -0.15) is 0 Å². The first-order chi connectivity index (χ1) is 11.7. The van der Waals surface area contributed by atoms with Crippen molar-refractivity contribution < 1.29 is 9.47 Å². The lowest BCUT2D eigenvalue weighted by molar-refractivity contribution is 0.208. The number of aryl methyl sites for hydroxylation is 1. The van der Waals surface area contributed by atoms with E-state index < -0.39 is 0 Å². The maximum Gasteiger partial charge on any atom is 0.124 e. The minimum absolute atomic E-state index is 0.427. The number of likely N-dealkylation sites (tertiary alicyclic amines) is 1. The van der Waals surface area contributed by atoms with Crippen molar-refractivity contribution in [1.29, 1.82) is 0 Å². The highest BCUT2D eigenvalue weighted by Gasteiger charge is 2.21. The number of thiazole rings is 1. The smallest absolute Gasteiger partial charge is 0.124 e. The second-order valence-electron chi connectivity index (χ2n) is 6.18. The van der Waals surface area contributed by atoms with Crippen molar-refractivity contribution in [2.75, 3.05) is 32.6 Å². The first-order valence-corrected chi connectivity index (χ1v) is 9.11. The Labute approximate surface area is 147 Å². The Bertz CT molecular complexity index is 652. The summed E-state index contributed by atoms with van der Waals surface area (Å²) in [5, 5.41) is 4.84. The molecule has 130 valence electrons. The van der Waals surface area contributed by atoms with E-state index in [4.69, 9.17) is 9.47 Å². The molecule has 0 spiro atoms. The molecule has 3 rings (SSSR count). The first kappa shape index (κ1) is 17.0. The molecule has 0 saturated carbocycles. The van der Waals surface area contributed by atoms with E-state index in [0.29, 0.717) is 6.04 Å². The molecule has 2 heterocycles. The number of benzene rings is 1. The third-order valence-electron chi connectivity index (χ3n) is 4.26. The first-order valence-electron chi connectivity index (χ1n) is 8.29. The van der Waals surface area contributed by atoms with Crippen molar-refractivity contribution in [3.8, 4) is 11.5 Å². The molecule has 0 radical (unpaired) electrons. The molecule has 1 atom stereocenters. The van der Waals surface area contributed by atoms with Crippen LogP contribution >= 0.6 is 11.3 Å². The summed E-state index contributed by atoms with van der Waals surface area (Å²) < 4.78 is 10.7. The molecular weight excluding hydrogens is 322 g/mol. The van der Waals surface area contributed by atoms with Gasteiger partial charge in [-0.3, -0.25) is 4.90 Å². The van der Waals surface area contributed by atoms with Gasteiger partial charge in [0, 0.05) is 47.5 Å². The largest absolute Gasteiger partial charge is 0.497 e. The van der Waals surface area contributed by atoms with Crippen LogP contribution in [0.25, 0.3) is 0 Å². The third-order valence-corrected chi connectivity index (χ3v) is 5.15. The fraction of sp³-hybridized carbons (Fsp3) is 0.500. The predicted molar refractivity (Wildman–Crippen MR) is 98.3 cm³/mol. The van der Waals surface area contributed by atoms with Crippen LogP contribution < -0.4 is 14.8 Å². The zero-order valence-corrected chi connectivity index (χ0v) is 15.4. The lowest BCUT2D eigenvalue weighted by Crippen LogP contribution is -2.41. The average molecular weight is 347 g/mol. The molecule has 1 aliphatic heterocycles. The van der Waals surface area contributed by atoms with E-state index in [1.54, 1.807) is 25.6 Å². The summed E-state index contributed by atoms with van der Waals surface area (Å²) in [6.07, 6.45) is 4.33. The van der Waals surface area contributed by atoms with Crippen molar-refractivity contribution in [3.05, 3.63) is 34.3 Å². The highest BCUT2D eigenvalue weighted by Crippen LogP contribution is 2.27. The topological polar surface area (TPSA) is 46.6 Å². The number of methoxy groups -OCH3 is 2. The van der Waals surface area contributed by atoms with E-state index in [-0.39, 0.29) is 0 Å². The van der Waals surface area contributed by atoms with E-state index in [1.807, 2.05) is 24.4 Å². The van der Waals surface area contributed by atoms with E-state index in [1.165, 1.54) is 22.7 Å². The fourth-order valence-electron chi connectivity index (χ4n) is 3.11. The van der Waals surface area contributed by atoms with Crippen molar-refractivity contribution in [2.45, 2.75) is 32.4 Å². The van der Waals surface area contributed by atoms with Crippen LogP contribution in [0.3, 0.4) is 0 Å². The maximum absolute atomic E-state index is 5.35. The van der Waals surface area contributed by atoms with Crippen molar-refractivity contribution in [2.24, 2.45) is 0 Å². The molecule has 2 aromatic rings. The summed E-state index contributed by atoms with van der Waals surface area (Å²) in [7, 11) is 3.35. The number of piperidine rings is 1. The van der Waals surface area contributed by atoms with Crippen LogP contribution in [0.5, 0.6) is 11.5 Å². The number of hydrogen-bond donors (Lipinski definition) is 1. The Kier molecular flexibility index (Phi) is 5.58. The summed E-state index contributed by atoms with van der Waals surface area (Å²) in [5.74, 6) is 1.62. The summed E-state index contributed by atoms with van der Waals surface area (Å²) >= 11 is 1.79. The molecule has 0 bridgehead atoms. The predicted octanol–water partition coefficient (Wildman–Crippen LogP) is 3.55. The van der Waals surface area contributed by atoms with E-state index in [2.05, 4.69) is 22.1 Å². The standard InChI is InChI=1S/C18H25N3O2S/c1-13-10-19-18(24-13)12-21-6-4-5-14(11-21)20-15-7-16(22-2)9-17(8-15)23-3/h7-10,14,20H,4-6,11-12H2,1-3H3/t14-/m0/s1. The molecule has 0 unspecified atom stereocenters. The molecule has 0 aliphatic carbocycles. The lowest BCUT2D eigenvalue weighted by Gasteiger charge is -2.33. The van der Waals surface area contributed by atoms with Crippen LogP contribution in [0.4, 0.5) is 5.69 Å². The normalized spacial score (nSPS) is 18.4. The van der Waals surface area contributed by atoms with Crippen LogP contribution in [-0.4, -0.2) is 43.2 Å². The van der Waals surface area contributed by atoms with Gasteiger partial charge in [-0.05, 0) is 26.3 Å². The van der Waals surface area contributed by atoms with Gasteiger partial charge in [0.25, 0.3) is 0 Å². The number of nitrogens with one attached hydrogen (secondary N) is 1. The lowest BCUT2D eigenvalue weighted by atomic mass is 10.1. The Morgan fingerprint density at radius 1 is 1.25 bits per heavy atom. The van der Waals surface area contributed by atoms with Gasteiger partial charge in [0.15, 0.2) is 0 Å². The minimum atomic E-state index is 0.427. The molecule has 1 saturated heterocycles. The summed E-state index contributed by atoms with van der Waals surface area (Å²) in [4.78, 5) is 8.25. The van der Waals surface area contributed by atoms with Crippen molar-refractivity contribution in [1.82, 2.24) is 9.88 Å². The molecular formula is C18H25N3O2S. The zero-order valence-electron chi connectivity index (χ0n) is 14.5.